The molecule has 0 saturated heterocycles. The molecule has 2 heterocycles. The third kappa shape index (κ3) is 4.02. The summed E-state index contributed by atoms with van der Waals surface area (Å²) in [5.74, 6) is 0.832. The minimum Gasteiger partial charge on any atom is -0.461 e. The van der Waals surface area contributed by atoms with Crippen LogP contribution >= 0.6 is 11.8 Å². The van der Waals surface area contributed by atoms with Crippen molar-refractivity contribution in [1.29, 1.82) is 5.26 Å². The molecule has 0 bridgehead atoms. The molecule has 0 saturated carbocycles. The average molecular weight is 395 g/mol. The number of nitrogens with one attached hydrogen (secondary N) is 1. The first-order valence-corrected chi connectivity index (χ1v) is 9.92. The van der Waals surface area contributed by atoms with E-state index in [2.05, 4.69) is 21.4 Å². The quantitative estimate of drug-likeness (QED) is 0.491. The lowest BCUT2D eigenvalue weighted by molar-refractivity contribution is -0.121. The van der Waals surface area contributed by atoms with Crippen molar-refractivity contribution in [1.82, 2.24) is 15.3 Å². The third-order valence-electron chi connectivity index (χ3n) is 4.74. The summed E-state index contributed by atoms with van der Waals surface area (Å²) in [6.07, 6.45) is 1.57. The molecule has 7 heteroatoms. The number of furan rings is 1. The predicted molar refractivity (Wildman–Crippen MR) is 110 cm³/mol. The molecule has 0 aliphatic heterocycles. The fourth-order valence-corrected chi connectivity index (χ4v) is 3.47. The fourth-order valence-electron chi connectivity index (χ4n) is 2.53. The smallest absolute Gasteiger partial charge is 0.234 e. The zero-order valence-electron chi connectivity index (χ0n) is 16.3. The van der Waals surface area contributed by atoms with Crippen LogP contribution in [-0.4, -0.2) is 26.7 Å². The van der Waals surface area contributed by atoms with Gasteiger partial charge in [-0.25, -0.2) is 9.97 Å². The maximum absolute atomic E-state index is 12.7. The Bertz CT molecular complexity index is 1030. The van der Waals surface area contributed by atoms with E-state index in [0.717, 1.165) is 10.9 Å². The van der Waals surface area contributed by atoms with Gasteiger partial charge < -0.3 is 9.73 Å². The molecule has 0 aliphatic rings. The molecule has 3 rings (SSSR count). The van der Waals surface area contributed by atoms with Gasteiger partial charge in [-0.15, -0.1) is 0 Å². The molecule has 1 aromatic carbocycles. The second kappa shape index (κ2) is 8.03. The van der Waals surface area contributed by atoms with Crippen molar-refractivity contribution in [2.24, 2.45) is 5.92 Å². The normalized spacial score (nSPS) is 14.4. The molecule has 3 aromatic rings. The van der Waals surface area contributed by atoms with Crippen molar-refractivity contribution in [2.45, 2.75) is 43.5 Å². The van der Waals surface area contributed by atoms with Gasteiger partial charge in [0.25, 0.3) is 0 Å². The van der Waals surface area contributed by atoms with E-state index in [4.69, 9.17) is 4.42 Å². The molecule has 1 N–H and O–H groups in total. The first-order valence-electron chi connectivity index (χ1n) is 9.04. The number of hydrogen-bond acceptors (Lipinski definition) is 6. The molecule has 6 nitrogen and oxygen atoms in total. The highest BCUT2D eigenvalue weighted by atomic mass is 32.2. The predicted octanol–water partition coefficient (Wildman–Crippen LogP) is 4.42. The van der Waals surface area contributed by atoms with Crippen molar-refractivity contribution < 1.29 is 9.21 Å². The minimum absolute atomic E-state index is 0.0101. The number of para-hydroxylation sites is 1. The van der Waals surface area contributed by atoms with Crippen LogP contribution in [0, 0.1) is 17.2 Å². The van der Waals surface area contributed by atoms with Gasteiger partial charge in [0.15, 0.2) is 11.6 Å². The lowest BCUT2D eigenvalue weighted by Crippen LogP contribution is -2.51. The van der Waals surface area contributed by atoms with Crippen molar-refractivity contribution >= 4 is 28.6 Å². The van der Waals surface area contributed by atoms with Gasteiger partial charge >= 0.3 is 0 Å². The van der Waals surface area contributed by atoms with Crippen LogP contribution in [0.15, 0.2) is 52.1 Å². The van der Waals surface area contributed by atoms with Gasteiger partial charge in [-0.05, 0) is 38.0 Å². The lowest BCUT2D eigenvalue weighted by atomic mass is 9.90. The molecular weight excluding hydrogens is 372 g/mol. The highest BCUT2D eigenvalue weighted by Gasteiger charge is 2.32. The Balaban J connectivity index is 1.91. The van der Waals surface area contributed by atoms with Crippen LogP contribution in [-0.2, 0) is 4.79 Å². The van der Waals surface area contributed by atoms with E-state index >= 15 is 0 Å². The summed E-state index contributed by atoms with van der Waals surface area (Å²) >= 11 is 1.34. The Morgan fingerprint density at radius 2 is 1.96 bits per heavy atom. The van der Waals surface area contributed by atoms with Crippen LogP contribution in [0.1, 0.15) is 27.7 Å². The Hall–Kier alpha value is -2.85. The molecule has 0 aliphatic carbocycles. The molecular formula is C21H22N4O2S. The number of fused-ring (bicyclic) bond motifs is 1. The maximum atomic E-state index is 12.7. The molecule has 2 aromatic heterocycles. The Morgan fingerprint density at radius 1 is 1.21 bits per heavy atom. The molecule has 28 heavy (non-hydrogen) atoms. The number of hydrogen-bond donors (Lipinski definition) is 1. The summed E-state index contributed by atoms with van der Waals surface area (Å²) in [6, 6.07) is 13.5. The van der Waals surface area contributed by atoms with E-state index in [1.165, 1.54) is 11.8 Å². The van der Waals surface area contributed by atoms with E-state index in [1.54, 1.807) is 25.3 Å². The number of rotatable bonds is 6. The first kappa shape index (κ1) is 19.9. The Kier molecular flexibility index (Phi) is 5.71. The molecule has 0 unspecified atom stereocenters. The number of carbonyl (C=O) groups excluding carboxylic acids is 1. The first-order chi connectivity index (χ1) is 13.3. The Morgan fingerprint density at radius 3 is 2.61 bits per heavy atom. The SMILES string of the molecule is CC(C)[C@@](C)(C#N)NC(=O)[C@H](C)Sc1nc(-c2ccco2)nc2ccccc12. The van der Waals surface area contributed by atoms with Gasteiger partial charge in [0, 0.05) is 5.39 Å². The average Bonchev–Trinajstić information content (AvgIpc) is 3.22. The highest BCUT2D eigenvalue weighted by Crippen LogP contribution is 2.31. The number of nitriles is 1. The van der Waals surface area contributed by atoms with E-state index in [1.807, 2.05) is 45.0 Å². The van der Waals surface area contributed by atoms with Crippen LogP contribution in [0.25, 0.3) is 22.5 Å². The molecule has 0 fully saturated rings. The summed E-state index contributed by atoms with van der Waals surface area (Å²) in [5, 5.41) is 13.5. The maximum Gasteiger partial charge on any atom is 0.234 e. The molecule has 0 spiro atoms. The topological polar surface area (TPSA) is 91.8 Å². The third-order valence-corrected chi connectivity index (χ3v) is 5.84. The summed E-state index contributed by atoms with van der Waals surface area (Å²) in [7, 11) is 0. The standard InChI is InChI=1S/C21H22N4O2S/c1-13(2)21(4,12-22)25-19(26)14(3)28-20-15-8-5-6-9-16(15)23-18(24-20)17-10-7-11-27-17/h5-11,13-14H,1-4H3,(H,25,26)/t14-,21+/m0/s1. The second-order valence-electron chi connectivity index (χ2n) is 7.07. The second-order valence-corrected chi connectivity index (χ2v) is 8.39. The molecule has 0 radical (unpaired) electrons. The lowest BCUT2D eigenvalue weighted by Gasteiger charge is -2.28. The molecule has 1 amide bonds. The zero-order chi connectivity index (χ0) is 20.3. The van der Waals surface area contributed by atoms with Gasteiger partial charge in [-0.3, -0.25) is 4.79 Å². The summed E-state index contributed by atoms with van der Waals surface area (Å²) in [5.41, 5.74) is -0.137. The fraction of sp³-hybridized carbons (Fsp3) is 0.333. The van der Waals surface area contributed by atoms with E-state index in [-0.39, 0.29) is 11.8 Å². The van der Waals surface area contributed by atoms with E-state index in [9.17, 15) is 10.1 Å². The van der Waals surface area contributed by atoms with Crippen molar-refractivity contribution in [2.75, 3.05) is 0 Å². The van der Waals surface area contributed by atoms with Crippen molar-refractivity contribution in [3.63, 3.8) is 0 Å². The van der Waals surface area contributed by atoms with Gasteiger partial charge in [0.1, 0.15) is 10.6 Å². The van der Waals surface area contributed by atoms with Crippen LogP contribution in [0.2, 0.25) is 0 Å². The number of nitrogens with zero attached hydrogens (tertiary/aromatic N) is 3. The van der Waals surface area contributed by atoms with Crippen molar-refractivity contribution in [3.8, 4) is 17.7 Å². The summed E-state index contributed by atoms with van der Waals surface area (Å²) < 4.78 is 5.43. The number of aromatic nitrogens is 2. The van der Waals surface area contributed by atoms with Crippen LogP contribution in [0.4, 0.5) is 0 Å². The van der Waals surface area contributed by atoms with E-state index < -0.39 is 10.8 Å². The summed E-state index contributed by atoms with van der Waals surface area (Å²) in [4.78, 5) is 21.9. The largest absolute Gasteiger partial charge is 0.461 e. The van der Waals surface area contributed by atoms with Crippen molar-refractivity contribution in [3.05, 3.63) is 42.7 Å². The Labute approximate surface area is 168 Å². The molecule has 144 valence electrons. The number of benzene rings is 1. The monoisotopic (exact) mass is 394 g/mol. The van der Waals surface area contributed by atoms with E-state index in [0.29, 0.717) is 16.6 Å². The highest BCUT2D eigenvalue weighted by molar-refractivity contribution is 8.00. The van der Waals surface area contributed by atoms with Gasteiger partial charge in [-0.2, -0.15) is 5.26 Å². The number of thioether (sulfide) groups is 1. The van der Waals surface area contributed by atoms with Gasteiger partial charge in [0.05, 0.1) is 23.1 Å². The van der Waals surface area contributed by atoms with Gasteiger partial charge in [0.2, 0.25) is 5.91 Å². The van der Waals surface area contributed by atoms with Crippen LogP contribution in [0.5, 0.6) is 0 Å². The van der Waals surface area contributed by atoms with Crippen LogP contribution < -0.4 is 5.32 Å². The zero-order valence-corrected chi connectivity index (χ0v) is 17.1. The van der Waals surface area contributed by atoms with Crippen LogP contribution in [0.3, 0.4) is 0 Å². The summed E-state index contributed by atoms with van der Waals surface area (Å²) in [6.45, 7) is 7.37. The molecule has 2 atom stereocenters. The number of carbonyl (C=O) groups is 1. The number of amides is 1. The van der Waals surface area contributed by atoms with Gasteiger partial charge in [-0.1, -0.05) is 43.8 Å². The minimum atomic E-state index is -0.918.